The molecule has 1 aliphatic heterocycles. The zero-order valence-corrected chi connectivity index (χ0v) is 17.3. The number of urea groups is 1. The van der Waals surface area contributed by atoms with Crippen molar-refractivity contribution in [2.75, 3.05) is 33.2 Å². The Morgan fingerprint density at radius 3 is 2.27 bits per heavy atom. The molecule has 2 amide bonds. The number of carbonyl (C=O) groups is 1. The molecule has 0 radical (unpaired) electrons. The molecule has 4 rings (SSSR count). The average Bonchev–Trinajstić information content (AvgIpc) is 3.26. The van der Waals surface area contributed by atoms with E-state index in [0.717, 1.165) is 23.5 Å². The molecule has 1 aliphatic rings. The third kappa shape index (κ3) is 3.54. The molecule has 0 fully saturated rings. The highest BCUT2D eigenvalue weighted by molar-refractivity contribution is 5.90. The molecule has 2 heterocycles. The molecule has 0 bridgehead atoms. The molecule has 7 heteroatoms. The number of benzene rings is 2. The maximum atomic E-state index is 13.2. The molecule has 0 unspecified atom stereocenters. The fourth-order valence-electron chi connectivity index (χ4n) is 3.93. The van der Waals surface area contributed by atoms with Crippen molar-refractivity contribution < 1.29 is 19.0 Å². The number of methoxy groups -OCH3 is 3. The van der Waals surface area contributed by atoms with Crippen molar-refractivity contribution in [3.63, 3.8) is 0 Å². The molecular formula is C23H25N3O4. The van der Waals surface area contributed by atoms with Crippen molar-refractivity contribution in [2.24, 2.45) is 0 Å². The summed E-state index contributed by atoms with van der Waals surface area (Å²) >= 11 is 0. The summed E-state index contributed by atoms with van der Waals surface area (Å²) in [6.07, 6.45) is 2.03. The van der Waals surface area contributed by atoms with Crippen LogP contribution in [-0.2, 0) is 6.54 Å². The van der Waals surface area contributed by atoms with Gasteiger partial charge < -0.3 is 29.0 Å². The second kappa shape index (κ2) is 8.41. The van der Waals surface area contributed by atoms with E-state index in [-0.39, 0.29) is 12.1 Å². The number of anilines is 1. The number of para-hydroxylation sites is 1. The molecule has 156 valence electrons. The van der Waals surface area contributed by atoms with Gasteiger partial charge in [0.1, 0.15) is 0 Å². The molecule has 0 saturated heterocycles. The molecule has 3 aromatic rings. The summed E-state index contributed by atoms with van der Waals surface area (Å²) in [7, 11) is 4.75. The first-order chi connectivity index (χ1) is 14.7. The third-order valence-electron chi connectivity index (χ3n) is 5.33. The number of rotatable bonds is 5. The van der Waals surface area contributed by atoms with Crippen LogP contribution >= 0.6 is 0 Å². The summed E-state index contributed by atoms with van der Waals surface area (Å²) < 4.78 is 18.7. The van der Waals surface area contributed by atoms with Crippen molar-refractivity contribution in [3.05, 3.63) is 72.1 Å². The first kappa shape index (κ1) is 19.7. The molecule has 0 spiro atoms. The second-order valence-electron chi connectivity index (χ2n) is 6.98. The number of carbonyl (C=O) groups excluding carboxylic acids is 1. The Hall–Kier alpha value is -3.61. The summed E-state index contributed by atoms with van der Waals surface area (Å²) in [6.45, 7) is 1.30. The van der Waals surface area contributed by atoms with Gasteiger partial charge in [-0.25, -0.2) is 4.79 Å². The van der Waals surface area contributed by atoms with E-state index in [0.29, 0.717) is 23.8 Å². The van der Waals surface area contributed by atoms with Gasteiger partial charge in [0.15, 0.2) is 11.5 Å². The molecule has 0 saturated carbocycles. The lowest BCUT2D eigenvalue weighted by Gasteiger charge is -2.37. The van der Waals surface area contributed by atoms with Crippen molar-refractivity contribution in [1.29, 1.82) is 0 Å². The van der Waals surface area contributed by atoms with E-state index in [4.69, 9.17) is 14.2 Å². The van der Waals surface area contributed by atoms with Crippen molar-refractivity contribution in [2.45, 2.75) is 12.6 Å². The first-order valence-corrected chi connectivity index (χ1v) is 9.74. The smallest absolute Gasteiger partial charge is 0.322 e. The van der Waals surface area contributed by atoms with Crippen molar-refractivity contribution in [1.82, 2.24) is 9.47 Å². The second-order valence-corrected chi connectivity index (χ2v) is 6.98. The van der Waals surface area contributed by atoms with Crippen molar-refractivity contribution in [3.8, 4) is 17.2 Å². The van der Waals surface area contributed by atoms with Gasteiger partial charge in [0.05, 0.1) is 27.4 Å². The number of amides is 2. The lowest BCUT2D eigenvalue weighted by molar-refractivity contribution is 0.181. The normalized spacial score (nSPS) is 15.3. The van der Waals surface area contributed by atoms with Gasteiger partial charge in [0.2, 0.25) is 5.75 Å². The van der Waals surface area contributed by atoms with E-state index in [1.807, 2.05) is 65.7 Å². The Bertz CT molecular complexity index is 1010. The fourth-order valence-corrected chi connectivity index (χ4v) is 3.93. The molecule has 7 nitrogen and oxygen atoms in total. The Morgan fingerprint density at radius 2 is 1.63 bits per heavy atom. The van der Waals surface area contributed by atoms with E-state index in [1.165, 1.54) is 0 Å². The summed E-state index contributed by atoms with van der Waals surface area (Å²) in [5, 5.41) is 3.00. The van der Waals surface area contributed by atoms with Gasteiger partial charge in [0.25, 0.3) is 0 Å². The van der Waals surface area contributed by atoms with E-state index < -0.39 is 0 Å². The minimum absolute atomic E-state index is 0.160. The van der Waals surface area contributed by atoms with Gasteiger partial charge in [-0.15, -0.1) is 0 Å². The Labute approximate surface area is 175 Å². The minimum atomic E-state index is -0.300. The van der Waals surface area contributed by atoms with Crippen LogP contribution in [0.2, 0.25) is 0 Å². The maximum Gasteiger partial charge on any atom is 0.322 e. The SMILES string of the molecule is COc1cc([C@@H]2c3cccn3CCN2C(=O)Nc2ccccc2)cc(OC)c1OC. The molecule has 1 aromatic heterocycles. The van der Waals surface area contributed by atoms with Crippen LogP contribution in [0.15, 0.2) is 60.8 Å². The van der Waals surface area contributed by atoms with Gasteiger partial charge >= 0.3 is 6.03 Å². The minimum Gasteiger partial charge on any atom is -0.493 e. The summed E-state index contributed by atoms with van der Waals surface area (Å²) in [5.41, 5.74) is 2.66. The summed E-state index contributed by atoms with van der Waals surface area (Å²) in [4.78, 5) is 15.1. The highest BCUT2D eigenvalue weighted by Crippen LogP contribution is 2.43. The highest BCUT2D eigenvalue weighted by atomic mass is 16.5. The van der Waals surface area contributed by atoms with Gasteiger partial charge in [-0.3, -0.25) is 0 Å². The number of hydrogen-bond donors (Lipinski definition) is 1. The van der Waals surface area contributed by atoms with Gasteiger partial charge in [-0.05, 0) is 42.0 Å². The van der Waals surface area contributed by atoms with Crippen molar-refractivity contribution >= 4 is 11.7 Å². The number of fused-ring (bicyclic) bond motifs is 1. The van der Waals surface area contributed by atoms with Crippen LogP contribution < -0.4 is 19.5 Å². The molecule has 30 heavy (non-hydrogen) atoms. The molecule has 1 N–H and O–H groups in total. The number of hydrogen-bond acceptors (Lipinski definition) is 4. The quantitative estimate of drug-likeness (QED) is 0.690. The fraction of sp³-hybridized carbons (Fsp3) is 0.261. The Morgan fingerprint density at radius 1 is 0.933 bits per heavy atom. The third-order valence-corrected chi connectivity index (χ3v) is 5.33. The van der Waals surface area contributed by atoms with E-state index >= 15 is 0 Å². The van der Waals surface area contributed by atoms with Crippen LogP contribution in [0, 0.1) is 0 Å². The van der Waals surface area contributed by atoms with E-state index in [2.05, 4.69) is 9.88 Å². The molecule has 1 atom stereocenters. The standard InChI is InChI=1S/C23H25N3O4/c1-28-19-14-16(15-20(29-2)22(19)30-3)21-18-10-7-11-25(18)12-13-26(21)23(27)24-17-8-5-4-6-9-17/h4-11,14-15,21H,12-13H2,1-3H3,(H,24,27)/t21-/m1/s1. The summed E-state index contributed by atoms with van der Waals surface area (Å²) in [6, 6.07) is 16.8. The predicted molar refractivity (Wildman–Crippen MR) is 115 cm³/mol. The van der Waals surface area contributed by atoms with E-state index in [1.54, 1.807) is 21.3 Å². The van der Waals surface area contributed by atoms with E-state index in [9.17, 15) is 4.79 Å². The van der Waals surface area contributed by atoms with Gasteiger partial charge in [-0.2, -0.15) is 0 Å². The van der Waals surface area contributed by atoms with Crippen LogP contribution in [-0.4, -0.2) is 43.4 Å². The highest BCUT2D eigenvalue weighted by Gasteiger charge is 2.33. The van der Waals surface area contributed by atoms with Crippen LogP contribution in [0.3, 0.4) is 0 Å². The Kier molecular flexibility index (Phi) is 5.52. The van der Waals surface area contributed by atoms with Crippen LogP contribution in [0.1, 0.15) is 17.3 Å². The van der Waals surface area contributed by atoms with Gasteiger partial charge in [0, 0.05) is 30.7 Å². The lowest BCUT2D eigenvalue weighted by atomic mass is 9.99. The van der Waals surface area contributed by atoms with Crippen LogP contribution in [0.4, 0.5) is 10.5 Å². The molecular weight excluding hydrogens is 382 g/mol. The monoisotopic (exact) mass is 407 g/mol. The molecule has 0 aliphatic carbocycles. The number of nitrogens with zero attached hydrogens (tertiary/aromatic N) is 2. The largest absolute Gasteiger partial charge is 0.493 e. The average molecular weight is 407 g/mol. The Balaban J connectivity index is 1.77. The first-order valence-electron chi connectivity index (χ1n) is 9.74. The lowest BCUT2D eigenvalue weighted by Crippen LogP contribution is -2.44. The predicted octanol–water partition coefficient (Wildman–Crippen LogP) is 4.15. The maximum absolute atomic E-state index is 13.2. The van der Waals surface area contributed by atoms with Crippen LogP contribution in [0.25, 0.3) is 0 Å². The summed E-state index contributed by atoms with van der Waals surface area (Å²) in [5.74, 6) is 1.63. The number of aromatic nitrogens is 1. The number of ether oxygens (including phenoxy) is 3. The number of nitrogens with one attached hydrogen (secondary N) is 1. The van der Waals surface area contributed by atoms with Gasteiger partial charge in [-0.1, -0.05) is 18.2 Å². The zero-order chi connectivity index (χ0) is 21.1. The topological polar surface area (TPSA) is 65.0 Å². The molecule has 2 aromatic carbocycles. The van der Waals surface area contributed by atoms with Crippen LogP contribution in [0.5, 0.6) is 17.2 Å². The zero-order valence-electron chi connectivity index (χ0n) is 17.3.